The van der Waals surface area contributed by atoms with Crippen molar-refractivity contribution in [3.8, 4) is 0 Å². The number of nitrogens with one attached hydrogen (secondary N) is 1. The molecule has 0 saturated heterocycles. The van der Waals surface area contributed by atoms with Gasteiger partial charge < -0.3 is 14.3 Å². The van der Waals surface area contributed by atoms with Crippen LogP contribution in [0.3, 0.4) is 0 Å². The molecule has 0 atom stereocenters. The van der Waals surface area contributed by atoms with E-state index in [1.807, 2.05) is 29.9 Å². The molecule has 0 saturated carbocycles. The van der Waals surface area contributed by atoms with Gasteiger partial charge in [-0.3, -0.25) is 19.5 Å². The lowest BCUT2D eigenvalue weighted by Gasteiger charge is -2.07. The zero-order chi connectivity index (χ0) is 21.3. The lowest BCUT2D eigenvalue weighted by atomic mass is 10.3. The Morgan fingerprint density at radius 2 is 2.03 bits per heavy atom. The van der Waals surface area contributed by atoms with Crippen LogP contribution in [0.5, 0.6) is 0 Å². The topological polar surface area (TPSA) is 125 Å². The number of amides is 1. The lowest BCUT2D eigenvalue weighted by molar-refractivity contribution is -0.384. The van der Waals surface area contributed by atoms with Crippen molar-refractivity contribution in [1.29, 1.82) is 0 Å². The van der Waals surface area contributed by atoms with Crippen LogP contribution in [0.2, 0.25) is 0 Å². The fourth-order valence-electron chi connectivity index (χ4n) is 2.82. The maximum Gasteiger partial charge on any atom is 0.420 e. The number of carbonyl (C=O) groups is 1. The van der Waals surface area contributed by atoms with E-state index in [4.69, 9.17) is 4.42 Å². The minimum absolute atomic E-state index is 0.0534. The Labute approximate surface area is 173 Å². The van der Waals surface area contributed by atoms with Crippen molar-refractivity contribution in [3.05, 3.63) is 75.5 Å². The van der Waals surface area contributed by atoms with Crippen molar-refractivity contribution >= 4 is 40.1 Å². The quantitative estimate of drug-likeness (QED) is 0.372. The molecular weight excluding hydrogens is 410 g/mol. The number of benzene rings is 2. The summed E-state index contributed by atoms with van der Waals surface area (Å²) in [6.45, 7) is -0.284. The number of hydrogen-bond donors (Lipinski definition) is 1. The van der Waals surface area contributed by atoms with Crippen LogP contribution in [0.4, 0.5) is 11.4 Å². The first-order chi connectivity index (χ1) is 14.4. The van der Waals surface area contributed by atoms with E-state index < -0.39 is 16.6 Å². The van der Waals surface area contributed by atoms with Crippen molar-refractivity contribution in [2.75, 3.05) is 5.32 Å². The van der Waals surface area contributed by atoms with Crippen LogP contribution in [-0.2, 0) is 18.4 Å². The van der Waals surface area contributed by atoms with Crippen molar-refractivity contribution in [2.24, 2.45) is 7.05 Å². The normalized spacial score (nSPS) is 11.0. The standard InChI is InChI=1S/C19H15N5O5S/c1-22-9-8-20-18(22)30-14-5-2-12(3-6-14)21-17(25)11-23-15-7-4-13(24(27)28)10-16(15)29-19(23)26/h2-10H,11H2,1H3,(H,21,25). The fourth-order valence-corrected chi connectivity index (χ4v) is 3.63. The number of aromatic nitrogens is 3. The highest BCUT2D eigenvalue weighted by Gasteiger charge is 2.16. The van der Waals surface area contributed by atoms with Crippen LogP contribution in [0.15, 0.2) is 74.1 Å². The summed E-state index contributed by atoms with van der Waals surface area (Å²) in [5, 5.41) is 14.4. The molecule has 0 spiro atoms. The third-order valence-corrected chi connectivity index (χ3v) is 5.37. The fraction of sp³-hybridized carbons (Fsp3) is 0.105. The van der Waals surface area contributed by atoms with E-state index in [0.717, 1.165) is 20.7 Å². The number of imidazole rings is 1. The van der Waals surface area contributed by atoms with E-state index in [1.54, 1.807) is 18.3 Å². The second-order valence-corrected chi connectivity index (χ2v) is 7.40. The molecule has 0 bridgehead atoms. The molecule has 2 aromatic carbocycles. The first kappa shape index (κ1) is 19.5. The molecular formula is C19H15N5O5S. The van der Waals surface area contributed by atoms with Crippen LogP contribution in [-0.4, -0.2) is 24.9 Å². The Morgan fingerprint density at radius 3 is 2.70 bits per heavy atom. The van der Waals surface area contributed by atoms with Crippen LogP contribution in [0.25, 0.3) is 11.1 Å². The number of nitro groups is 1. The predicted octanol–water partition coefficient (Wildman–Crippen LogP) is 3.03. The minimum Gasteiger partial charge on any atom is -0.407 e. The lowest BCUT2D eigenvalue weighted by Crippen LogP contribution is -2.24. The Bertz CT molecular complexity index is 1310. The van der Waals surface area contributed by atoms with Gasteiger partial charge in [-0.15, -0.1) is 0 Å². The van der Waals surface area contributed by atoms with Crippen LogP contribution < -0.4 is 11.1 Å². The maximum absolute atomic E-state index is 12.4. The Balaban J connectivity index is 1.46. The summed E-state index contributed by atoms with van der Waals surface area (Å²) < 4.78 is 8.06. The molecule has 0 unspecified atom stereocenters. The highest BCUT2D eigenvalue weighted by Crippen LogP contribution is 2.27. The van der Waals surface area contributed by atoms with Crippen LogP contribution in [0, 0.1) is 10.1 Å². The van der Waals surface area contributed by atoms with Crippen LogP contribution in [0.1, 0.15) is 0 Å². The summed E-state index contributed by atoms with van der Waals surface area (Å²) in [6, 6.07) is 11.0. The SMILES string of the molecule is Cn1ccnc1Sc1ccc(NC(=O)Cn2c(=O)oc3cc([N+](=O)[O-])ccc32)cc1. The second-order valence-electron chi connectivity index (χ2n) is 6.36. The summed E-state index contributed by atoms with van der Waals surface area (Å²) in [6.07, 6.45) is 3.58. The number of hydrogen-bond acceptors (Lipinski definition) is 7. The minimum atomic E-state index is -0.762. The molecule has 0 aliphatic heterocycles. The van der Waals surface area contributed by atoms with Gasteiger partial charge in [-0.1, -0.05) is 11.8 Å². The van der Waals surface area contributed by atoms with E-state index in [0.29, 0.717) is 11.2 Å². The molecule has 4 aromatic rings. The first-order valence-corrected chi connectivity index (χ1v) is 9.55. The Kier molecular flexibility index (Phi) is 5.11. The highest BCUT2D eigenvalue weighted by molar-refractivity contribution is 7.99. The molecule has 10 nitrogen and oxygen atoms in total. The molecule has 11 heteroatoms. The molecule has 2 aromatic heterocycles. The number of non-ortho nitro benzene ring substituents is 1. The summed E-state index contributed by atoms with van der Waals surface area (Å²) >= 11 is 1.49. The second kappa shape index (κ2) is 7.87. The molecule has 1 N–H and O–H groups in total. The number of anilines is 1. The van der Waals surface area contributed by atoms with Gasteiger partial charge in [0.1, 0.15) is 6.54 Å². The molecule has 0 fully saturated rings. The van der Waals surface area contributed by atoms with E-state index in [9.17, 15) is 19.7 Å². The number of fused-ring (bicyclic) bond motifs is 1. The average molecular weight is 425 g/mol. The van der Waals surface area contributed by atoms with Crippen molar-refractivity contribution < 1.29 is 14.1 Å². The first-order valence-electron chi connectivity index (χ1n) is 8.73. The molecule has 152 valence electrons. The van der Waals surface area contributed by atoms with E-state index in [1.165, 1.54) is 23.9 Å². The highest BCUT2D eigenvalue weighted by atomic mass is 32.2. The molecule has 0 aliphatic carbocycles. The van der Waals surface area contributed by atoms with Gasteiger partial charge in [0.15, 0.2) is 10.7 Å². The van der Waals surface area contributed by atoms with E-state index in [2.05, 4.69) is 10.3 Å². The third-order valence-electron chi connectivity index (χ3n) is 4.29. The van der Waals surface area contributed by atoms with E-state index in [-0.39, 0.29) is 17.8 Å². The van der Waals surface area contributed by atoms with E-state index >= 15 is 0 Å². The Hall–Kier alpha value is -3.86. The number of nitro benzene ring substituents is 1. The van der Waals surface area contributed by atoms with Crippen LogP contribution >= 0.6 is 11.8 Å². The van der Waals surface area contributed by atoms with Gasteiger partial charge in [0.2, 0.25) is 5.91 Å². The summed E-state index contributed by atoms with van der Waals surface area (Å²) in [4.78, 5) is 39.9. The Morgan fingerprint density at radius 1 is 1.27 bits per heavy atom. The molecule has 2 heterocycles. The summed E-state index contributed by atoms with van der Waals surface area (Å²) in [5.41, 5.74) is 0.734. The summed E-state index contributed by atoms with van der Waals surface area (Å²) in [7, 11) is 1.91. The molecule has 1 amide bonds. The van der Waals surface area contributed by atoms with Crippen molar-refractivity contribution in [2.45, 2.75) is 16.6 Å². The molecule has 4 rings (SSSR count). The average Bonchev–Trinajstić information content (AvgIpc) is 3.25. The number of carbonyl (C=O) groups excluding carboxylic acids is 1. The van der Waals surface area contributed by atoms with Gasteiger partial charge in [0, 0.05) is 36.1 Å². The summed E-state index contributed by atoms with van der Waals surface area (Å²) in [5.74, 6) is -1.19. The largest absolute Gasteiger partial charge is 0.420 e. The monoisotopic (exact) mass is 425 g/mol. The maximum atomic E-state index is 12.4. The van der Waals surface area contributed by atoms with Gasteiger partial charge in [0.05, 0.1) is 16.5 Å². The number of nitrogens with zero attached hydrogens (tertiary/aromatic N) is 4. The zero-order valence-electron chi connectivity index (χ0n) is 15.6. The number of aryl methyl sites for hydroxylation is 1. The predicted molar refractivity (Wildman–Crippen MR) is 110 cm³/mol. The van der Waals surface area contributed by atoms with Gasteiger partial charge in [0.25, 0.3) is 5.69 Å². The molecule has 0 aliphatic rings. The van der Waals surface area contributed by atoms with Gasteiger partial charge in [-0.05, 0) is 30.3 Å². The molecule has 0 radical (unpaired) electrons. The van der Waals surface area contributed by atoms with Gasteiger partial charge in [-0.2, -0.15) is 0 Å². The van der Waals surface area contributed by atoms with Gasteiger partial charge in [-0.25, -0.2) is 9.78 Å². The van der Waals surface area contributed by atoms with Crippen molar-refractivity contribution in [3.63, 3.8) is 0 Å². The number of oxazole rings is 1. The number of rotatable bonds is 6. The molecule has 30 heavy (non-hydrogen) atoms. The smallest absolute Gasteiger partial charge is 0.407 e. The third kappa shape index (κ3) is 3.96. The van der Waals surface area contributed by atoms with Gasteiger partial charge >= 0.3 is 5.76 Å². The van der Waals surface area contributed by atoms with Crippen molar-refractivity contribution in [1.82, 2.24) is 14.1 Å². The zero-order valence-corrected chi connectivity index (χ0v) is 16.5.